The monoisotopic (exact) mass is 370 g/mol. The molecular formula is C20H10N4O4. The quantitative estimate of drug-likeness (QED) is 0.362. The van der Waals surface area contributed by atoms with Gasteiger partial charge in [0.05, 0.1) is 0 Å². The molecular weight excluding hydrogens is 360 g/mol. The van der Waals surface area contributed by atoms with Crippen molar-refractivity contribution in [3.8, 4) is 47.3 Å². The normalized spacial score (nSPS) is 9.14. The molecule has 0 spiro atoms. The minimum Gasteiger partial charge on any atom is -0.504 e. The molecule has 0 saturated heterocycles. The second-order valence-electron chi connectivity index (χ2n) is 5.35. The van der Waals surface area contributed by atoms with Crippen molar-refractivity contribution in [3.05, 3.63) is 58.7 Å². The third-order valence-corrected chi connectivity index (χ3v) is 3.73. The summed E-state index contributed by atoms with van der Waals surface area (Å²) in [7, 11) is 0. The van der Waals surface area contributed by atoms with E-state index in [1.807, 2.05) is 0 Å². The fourth-order valence-corrected chi connectivity index (χ4v) is 2.46. The fourth-order valence-electron chi connectivity index (χ4n) is 2.46. The van der Waals surface area contributed by atoms with E-state index in [-0.39, 0.29) is 22.3 Å². The molecule has 0 fully saturated rings. The fraction of sp³-hybridized carbons (Fsp3) is 0. The van der Waals surface area contributed by atoms with Crippen LogP contribution in [0.1, 0.15) is 11.1 Å². The van der Waals surface area contributed by atoms with Crippen LogP contribution in [0.4, 0.5) is 0 Å². The first-order chi connectivity index (χ1) is 13.4. The van der Waals surface area contributed by atoms with Crippen molar-refractivity contribution in [3.63, 3.8) is 0 Å². The van der Waals surface area contributed by atoms with Gasteiger partial charge in [-0.3, -0.25) is 0 Å². The Kier molecular flexibility index (Phi) is 5.53. The molecule has 0 aromatic heterocycles. The second-order valence-corrected chi connectivity index (χ2v) is 5.35. The highest BCUT2D eigenvalue weighted by molar-refractivity contribution is 6.11. The van der Waals surface area contributed by atoms with Crippen LogP contribution in [-0.4, -0.2) is 20.4 Å². The Morgan fingerprint density at radius 1 is 0.536 bits per heavy atom. The van der Waals surface area contributed by atoms with Crippen LogP contribution >= 0.6 is 0 Å². The highest BCUT2D eigenvalue weighted by atomic mass is 16.3. The van der Waals surface area contributed by atoms with Gasteiger partial charge in [0.25, 0.3) is 0 Å². The van der Waals surface area contributed by atoms with E-state index < -0.39 is 34.1 Å². The number of hydrogen-bond acceptors (Lipinski definition) is 8. The first kappa shape index (κ1) is 19.4. The smallest absolute Gasteiger partial charge is 0.158 e. The summed E-state index contributed by atoms with van der Waals surface area (Å²) in [5.74, 6) is -2.00. The molecule has 0 bridgehead atoms. The molecule has 0 aliphatic carbocycles. The molecule has 0 atom stereocenters. The van der Waals surface area contributed by atoms with E-state index in [1.165, 1.54) is 12.1 Å². The maximum Gasteiger partial charge on any atom is 0.158 e. The Bertz CT molecular complexity index is 1070. The van der Waals surface area contributed by atoms with Crippen molar-refractivity contribution < 1.29 is 20.4 Å². The van der Waals surface area contributed by atoms with Gasteiger partial charge < -0.3 is 20.4 Å². The van der Waals surface area contributed by atoms with Gasteiger partial charge in [-0.05, 0) is 35.4 Å². The standard InChI is InChI=1S/C20H10N4O4/c21-7-13(8-22)19(11-1-3-15(25)17(27)5-11)20(14(9-23)10-24)12-2-4-16(26)18(28)6-12/h1-6,25-28H. The van der Waals surface area contributed by atoms with E-state index in [2.05, 4.69) is 0 Å². The molecule has 0 amide bonds. The number of benzene rings is 2. The van der Waals surface area contributed by atoms with Crippen molar-refractivity contribution in [2.45, 2.75) is 0 Å². The van der Waals surface area contributed by atoms with Crippen molar-refractivity contribution in [2.75, 3.05) is 0 Å². The van der Waals surface area contributed by atoms with Gasteiger partial charge in [0, 0.05) is 11.1 Å². The molecule has 0 aliphatic rings. The molecule has 2 aromatic rings. The van der Waals surface area contributed by atoms with Crippen molar-refractivity contribution in [1.29, 1.82) is 21.0 Å². The lowest BCUT2D eigenvalue weighted by atomic mass is 9.86. The van der Waals surface area contributed by atoms with E-state index in [0.29, 0.717) is 0 Å². The average molecular weight is 370 g/mol. The molecule has 28 heavy (non-hydrogen) atoms. The molecule has 4 N–H and O–H groups in total. The predicted octanol–water partition coefficient (Wildman–Crippen LogP) is 2.81. The van der Waals surface area contributed by atoms with Gasteiger partial charge in [0.2, 0.25) is 0 Å². The van der Waals surface area contributed by atoms with Crippen molar-refractivity contribution >= 4 is 11.1 Å². The van der Waals surface area contributed by atoms with Gasteiger partial charge in [-0.25, -0.2) is 0 Å². The Morgan fingerprint density at radius 3 is 1.11 bits per heavy atom. The van der Waals surface area contributed by atoms with Crippen molar-refractivity contribution in [2.24, 2.45) is 0 Å². The van der Waals surface area contributed by atoms with Gasteiger partial charge in [-0.1, -0.05) is 12.1 Å². The molecule has 8 heteroatoms. The van der Waals surface area contributed by atoms with Crippen LogP contribution in [0.3, 0.4) is 0 Å². The number of allylic oxidation sites excluding steroid dienone is 4. The van der Waals surface area contributed by atoms with E-state index in [4.69, 9.17) is 0 Å². The number of hydrogen-bond donors (Lipinski definition) is 4. The van der Waals surface area contributed by atoms with Crippen LogP contribution in [0.2, 0.25) is 0 Å². The number of phenolic OH excluding ortho intramolecular Hbond substituents is 4. The van der Waals surface area contributed by atoms with Crippen LogP contribution in [0.25, 0.3) is 11.1 Å². The summed E-state index contributed by atoms with van der Waals surface area (Å²) in [6, 6.07) is 13.6. The van der Waals surface area contributed by atoms with Crippen LogP contribution in [0, 0.1) is 45.3 Å². The first-order valence-electron chi connectivity index (χ1n) is 7.51. The molecule has 0 aliphatic heterocycles. The molecule has 0 radical (unpaired) electrons. The Labute approximate surface area is 159 Å². The lowest BCUT2D eigenvalue weighted by molar-refractivity contribution is 0.403. The minimum atomic E-state index is -0.548. The highest BCUT2D eigenvalue weighted by Crippen LogP contribution is 2.40. The van der Waals surface area contributed by atoms with Crippen LogP contribution < -0.4 is 0 Å². The Balaban J connectivity index is 3.02. The van der Waals surface area contributed by atoms with E-state index in [1.54, 1.807) is 24.3 Å². The molecule has 0 unspecified atom stereocenters. The minimum absolute atomic E-state index is 0.0685. The summed E-state index contributed by atoms with van der Waals surface area (Å²) in [6.07, 6.45) is 0. The highest BCUT2D eigenvalue weighted by Gasteiger charge is 2.22. The largest absolute Gasteiger partial charge is 0.504 e. The molecule has 134 valence electrons. The first-order valence-corrected chi connectivity index (χ1v) is 7.51. The van der Waals surface area contributed by atoms with Crippen LogP contribution in [-0.2, 0) is 0 Å². The summed E-state index contributed by atoms with van der Waals surface area (Å²) in [6.45, 7) is 0. The topological polar surface area (TPSA) is 176 Å². The second kappa shape index (κ2) is 7.97. The molecule has 0 heterocycles. The van der Waals surface area contributed by atoms with Crippen LogP contribution in [0.15, 0.2) is 47.5 Å². The molecule has 2 rings (SSSR count). The van der Waals surface area contributed by atoms with Crippen LogP contribution in [0.5, 0.6) is 23.0 Å². The third kappa shape index (κ3) is 3.53. The number of nitriles is 4. The summed E-state index contributed by atoms with van der Waals surface area (Å²) >= 11 is 0. The number of phenols is 4. The van der Waals surface area contributed by atoms with Gasteiger partial charge >= 0.3 is 0 Å². The van der Waals surface area contributed by atoms with Gasteiger partial charge in [0.1, 0.15) is 35.4 Å². The van der Waals surface area contributed by atoms with Gasteiger partial charge in [-0.15, -0.1) is 0 Å². The van der Waals surface area contributed by atoms with Gasteiger partial charge in [0.15, 0.2) is 23.0 Å². The zero-order valence-corrected chi connectivity index (χ0v) is 14.0. The van der Waals surface area contributed by atoms with Gasteiger partial charge in [-0.2, -0.15) is 21.0 Å². The zero-order chi connectivity index (χ0) is 20.8. The molecule has 0 saturated carbocycles. The Morgan fingerprint density at radius 2 is 0.857 bits per heavy atom. The maximum absolute atomic E-state index is 9.80. The molecule has 8 nitrogen and oxygen atoms in total. The number of nitrogens with zero attached hydrogens (tertiary/aromatic N) is 4. The lowest BCUT2D eigenvalue weighted by Crippen LogP contribution is -1.98. The van der Waals surface area contributed by atoms with E-state index >= 15 is 0 Å². The molecule has 2 aromatic carbocycles. The Hall–Kier alpha value is -4.92. The zero-order valence-electron chi connectivity index (χ0n) is 14.0. The summed E-state index contributed by atoms with van der Waals surface area (Å²) in [5.41, 5.74) is -1.14. The average Bonchev–Trinajstić information content (AvgIpc) is 2.69. The SMILES string of the molecule is N#CC(C#N)=C(C(=C(C#N)C#N)c1ccc(O)c(O)c1)c1ccc(O)c(O)c1. The predicted molar refractivity (Wildman–Crippen MR) is 95.8 cm³/mol. The summed E-state index contributed by atoms with van der Waals surface area (Å²) in [4.78, 5) is 0. The third-order valence-electron chi connectivity index (χ3n) is 3.73. The maximum atomic E-state index is 9.80. The lowest BCUT2D eigenvalue weighted by Gasteiger charge is -2.15. The summed E-state index contributed by atoms with van der Waals surface area (Å²) < 4.78 is 0. The van der Waals surface area contributed by atoms with E-state index in [9.17, 15) is 41.5 Å². The van der Waals surface area contributed by atoms with Crippen molar-refractivity contribution in [1.82, 2.24) is 0 Å². The van der Waals surface area contributed by atoms with E-state index in [0.717, 1.165) is 24.3 Å². The number of rotatable bonds is 3. The summed E-state index contributed by atoms with van der Waals surface area (Å²) in [5, 5.41) is 76.2. The number of aromatic hydroxyl groups is 4.